The molecule has 3 N–H and O–H groups in total. The molecule has 102 valence electrons. The predicted molar refractivity (Wildman–Crippen MR) is 73.4 cm³/mol. The summed E-state index contributed by atoms with van der Waals surface area (Å²) in [6.07, 6.45) is 2.80. The first-order chi connectivity index (χ1) is 8.44. The van der Waals surface area contributed by atoms with Gasteiger partial charge in [-0.3, -0.25) is 0 Å². The van der Waals surface area contributed by atoms with E-state index in [0.717, 1.165) is 25.1 Å². The number of nitrogens with one attached hydrogen (secondary N) is 1. The highest BCUT2D eigenvalue weighted by Crippen LogP contribution is 2.20. The van der Waals surface area contributed by atoms with Crippen molar-refractivity contribution in [3.63, 3.8) is 0 Å². The van der Waals surface area contributed by atoms with Crippen LogP contribution in [0.25, 0.3) is 0 Å². The van der Waals surface area contributed by atoms with Crippen molar-refractivity contribution < 1.29 is 4.74 Å². The summed E-state index contributed by atoms with van der Waals surface area (Å²) in [7, 11) is 0. The molecule has 0 saturated heterocycles. The van der Waals surface area contributed by atoms with Crippen LogP contribution < -0.4 is 16.0 Å². The van der Waals surface area contributed by atoms with Crippen LogP contribution in [0.2, 0.25) is 0 Å². The van der Waals surface area contributed by atoms with E-state index >= 15 is 0 Å². The van der Waals surface area contributed by atoms with Crippen LogP contribution >= 0.6 is 0 Å². The Morgan fingerprint density at radius 1 is 1.33 bits per heavy atom. The van der Waals surface area contributed by atoms with Crippen LogP contribution in [0.1, 0.15) is 46.4 Å². The third-order valence-corrected chi connectivity index (χ3v) is 2.47. The van der Waals surface area contributed by atoms with Crippen molar-refractivity contribution in [2.45, 2.75) is 47.0 Å². The van der Waals surface area contributed by atoms with E-state index in [9.17, 15) is 0 Å². The number of anilines is 1. The molecule has 1 heterocycles. The maximum absolute atomic E-state index is 5.66. The number of hydrazine groups is 1. The van der Waals surface area contributed by atoms with E-state index in [0.29, 0.717) is 18.3 Å². The van der Waals surface area contributed by atoms with Gasteiger partial charge in [0.15, 0.2) is 0 Å². The number of nitrogens with two attached hydrogens (primary N) is 1. The van der Waals surface area contributed by atoms with Crippen molar-refractivity contribution in [3.05, 3.63) is 11.9 Å². The van der Waals surface area contributed by atoms with Crippen LogP contribution in [0.15, 0.2) is 6.07 Å². The lowest BCUT2D eigenvalue weighted by molar-refractivity contribution is 0.235. The maximum Gasteiger partial charge on any atom is 0.218 e. The Bertz CT molecular complexity index is 374. The van der Waals surface area contributed by atoms with Crippen molar-refractivity contribution in [2.75, 3.05) is 12.0 Å². The topological polar surface area (TPSA) is 73.1 Å². The van der Waals surface area contributed by atoms with Crippen LogP contribution in [0.4, 0.5) is 5.82 Å². The summed E-state index contributed by atoms with van der Waals surface area (Å²) in [5.41, 5.74) is 2.80. The molecule has 5 nitrogen and oxygen atoms in total. The molecule has 0 bridgehead atoms. The third-order valence-electron chi connectivity index (χ3n) is 2.47. The molecule has 0 unspecified atom stereocenters. The summed E-state index contributed by atoms with van der Waals surface area (Å²) in [4.78, 5) is 8.63. The molecule has 1 rings (SSSR count). The van der Waals surface area contributed by atoms with Crippen molar-refractivity contribution in [1.82, 2.24) is 9.97 Å². The van der Waals surface area contributed by atoms with Gasteiger partial charge in [0.2, 0.25) is 5.88 Å². The standard InChI is InChI=1S/C13H24N4O/c1-5-6-10-15-11(17-14)9-12(16-10)18-8-7-13(2,3)4/h9H,5-8,14H2,1-4H3,(H,15,16,17). The Balaban J connectivity index is 2.66. The van der Waals surface area contributed by atoms with Crippen molar-refractivity contribution in [2.24, 2.45) is 11.3 Å². The van der Waals surface area contributed by atoms with Gasteiger partial charge in [0, 0.05) is 12.5 Å². The molecule has 0 aliphatic heterocycles. The number of nitrogen functional groups attached to an aromatic ring is 1. The molecule has 0 atom stereocenters. The van der Waals surface area contributed by atoms with E-state index in [4.69, 9.17) is 10.6 Å². The zero-order chi connectivity index (χ0) is 13.6. The summed E-state index contributed by atoms with van der Waals surface area (Å²) in [5.74, 6) is 7.33. The fraction of sp³-hybridized carbons (Fsp3) is 0.692. The Hall–Kier alpha value is -1.36. The van der Waals surface area contributed by atoms with Crippen LogP contribution in [0.3, 0.4) is 0 Å². The lowest BCUT2D eigenvalue weighted by atomic mass is 9.93. The minimum absolute atomic E-state index is 0.258. The minimum Gasteiger partial charge on any atom is -0.478 e. The zero-order valence-corrected chi connectivity index (χ0v) is 11.8. The minimum atomic E-state index is 0.258. The average Bonchev–Trinajstić information content (AvgIpc) is 2.27. The van der Waals surface area contributed by atoms with E-state index in [1.165, 1.54) is 0 Å². The first kappa shape index (κ1) is 14.7. The van der Waals surface area contributed by atoms with E-state index < -0.39 is 0 Å². The Kier molecular flexibility index (Phi) is 5.34. The van der Waals surface area contributed by atoms with E-state index in [2.05, 4.69) is 43.1 Å². The summed E-state index contributed by atoms with van der Waals surface area (Å²) >= 11 is 0. The summed E-state index contributed by atoms with van der Waals surface area (Å²) in [6, 6.07) is 1.72. The van der Waals surface area contributed by atoms with Crippen LogP contribution in [-0.4, -0.2) is 16.6 Å². The summed E-state index contributed by atoms with van der Waals surface area (Å²) in [5, 5.41) is 0. The number of aryl methyl sites for hydroxylation is 1. The lowest BCUT2D eigenvalue weighted by Crippen LogP contribution is -2.14. The molecule has 5 heteroatoms. The molecule has 0 saturated carbocycles. The van der Waals surface area contributed by atoms with E-state index in [1.54, 1.807) is 6.07 Å². The zero-order valence-electron chi connectivity index (χ0n) is 11.8. The third kappa shape index (κ3) is 5.31. The first-order valence-corrected chi connectivity index (χ1v) is 6.42. The van der Waals surface area contributed by atoms with Crippen molar-refractivity contribution in [1.29, 1.82) is 0 Å². The SMILES string of the molecule is CCCc1nc(NN)cc(OCCC(C)(C)C)n1. The molecule has 18 heavy (non-hydrogen) atoms. The molecular weight excluding hydrogens is 228 g/mol. The molecule has 0 aromatic carbocycles. The largest absolute Gasteiger partial charge is 0.478 e. The molecule has 0 aliphatic rings. The van der Waals surface area contributed by atoms with Gasteiger partial charge in [-0.25, -0.2) is 10.8 Å². The van der Waals surface area contributed by atoms with Crippen LogP contribution in [0.5, 0.6) is 5.88 Å². The van der Waals surface area contributed by atoms with E-state index in [-0.39, 0.29) is 5.41 Å². The predicted octanol–water partition coefficient (Wildman–Crippen LogP) is 2.53. The summed E-state index contributed by atoms with van der Waals surface area (Å²) < 4.78 is 5.66. The first-order valence-electron chi connectivity index (χ1n) is 6.42. The normalized spacial score (nSPS) is 11.4. The number of hydrogen-bond acceptors (Lipinski definition) is 5. The van der Waals surface area contributed by atoms with Gasteiger partial charge in [-0.2, -0.15) is 4.98 Å². The second-order valence-corrected chi connectivity index (χ2v) is 5.56. The molecule has 1 aromatic heterocycles. The molecule has 0 fully saturated rings. The molecule has 1 aromatic rings. The Morgan fingerprint density at radius 2 is 2.06 bits per heavy atom. The highest BCUT2D eigenvalue weighted by atomic mass is 16.5. The Labute approximate surface area is 109 Å². The lowest BCUT2D eigenvalue weighted by Gasteiger charge is -2.18. The number of rotatable bonds is 6. The van der Waals surface area contributed by atoms with Gasteiger partial charge in [0.1, 0.15) is 11.6 Å². The number of nitrogens with zero attached hydrogens (tertiary/aromatic N) is 2. The van der Waals surface area contributed by atoms with Crippen LogP contribution in [-0.2, 0) is 6.42 Å². The molecule has 0 aliphatic carbocycles. The molecular formula is C13H24N4O. The van der Waals surface area contributed by atoms with E-state index in [1.807, 2.05) is 0 Å². The fourth-order valence-electron chi connectivity index (χ4n) is 1.42. The number of aromatic nitrogens is 2. The van der Waals surface area contributed by atoms with Gasteiger partial charge in [0.25, 0.3) is 0 Å². The second-order valence-electron chi connectivity index (χ2n) is 5.56. The van der Waals surface area contributed by atoms with Gasteiger partial charge in [-0.05, 0) is 18.3 Å². The maximum atomic E-state index is 5.66. The average molecular weight is 252 g/mol. The van der Waals surface area contributed by atoms with Crippen molar-refractivity contribution in [3.8, 4) is 5.88 Å². The number of hydrogen-bond donors (Lipinski definition) is 2. The quantitative estimate of drug-likeness (QED) is 0.601. The Morgan fingerprint density at radius 3 is 2.61 bits per heavy atom. The second kappa shape index (κ2) is 6.54. The highest BCUT2D eigenvalue weighted by Gasteiger charge is 2.11. The van der Waals surface area contributed by atoms with Gasteiger partial charge < -0.3 is 10.2 Å². The highest BCUT2D eigenvalue weighted by molar-refractivity contribution is 5.36. The molecule has 0 spiro atoms. The number of ether oxygens (including phenoxy) is 1. The molecule has 0 amide bonds. The smallest absolute Gasteiger partial charge is 0.218 e. The summed E-state index contributed by atoms with van der Waals surface area (Å²) in [6.45, 7) is 9.30. The monoisotopic (exact) mass is 252 g/mol. The fourth-order valence-corrected chi connectivity index (χ4v) is 1.42. The van der Waals surface area contributed by atoms with Gasteiger partial charge in [-0.15, -0.1) is 0 Å². The van der Waals surface area contributed by atoms with Crippen molar-refractivity contribution >= 4 is 5.82 Å². The molecule has 0 radical (unpaired) electrons. The van der Waals surface area contributed by atoms with Gasteiger partial charge in [0.05, 0.1) is 6.61 Å². The van der Waals surface area contributed by atoms with Gasteiger partial charge in [-0.1, -0.05) is 27.7 Å². The van der Waals surface area contributed by atoms with Crippen LogP contribution in [0, 0.1) is 5.41 Å². The van der Waals surface area contributed by atoms with Gasteiger partial charge >= 0.3 is 0 Å².